The minimum Gasteiger partial charge on any atom is -0.506 e. The third-order valence-electron chi connectivity index (χ3n) is 3.82. The van der Waals surface area contributed by atoms with Crippen molar-refractivity contribution in [2.75, 3.05) is 14.2 Å². The number of allylic oxidation sites excluding steroid dienone is 1. The van der Waals surface area contributed by atoms with Crippen molar-refractivity contribution in [3.05, 3.63) is 50.8 Å². The van der Waals surface area contributed by atoms with Crippen LogP contribution in [0.15, 0.2) is 44.6 Å². The summed E-state index contributed by atoms with van der Waals surface area (Å²) in [7, 11) is -1.23. The van der Waals surface area contributed by atoms with Gasteiger partial charge >= 0.3 is 5.69 Å². The minimum atomic E-state index is -3.77. The molecule has 1 unspecified atom stereocenters. The summed E-state index contributed by atoms with van der Waals surface area (Å²) in [6.07, 6.45) is 0.267. The fraction of sp³-hybridized carbons (Fsp3) is 0.385. The summed E-state index contributed by atoms with van der Waals surface area (Å²) in [4.78, 5) is 25.3. The lowest BCUT2D eigenvalue weighted by molar-refractivity contribution is -0.0353. The number of aliphatic hydroxyl groups is 1. The lowest BCUT2D eigenvalue weighted by Gasteiger charge is -2.19. The van der Waals surface area contributed by atoms with Gasteiger partial charge in [-0.15, -0.1) is 5.10 Å². The molecule has 3 N–H and O–H groups in total. The average molecular weight is 400 g/mol. The normalized spacial score (nSPS) is 20.1. The Labute approximate surface area is 151 Å². The smallest absolute Gasteiger partial charge is 0.331 e. The Balaban J connectivity index is 1.88. The van der Waals surface area contributed by atoms with Crippen molar-refractivity contribution >= 4 is 10.0 Å². The topological polar surface area (TPSA) is 170 Å². The molecule has 0 radical (unpaired) electrons. The summed E-state index contributed by atoms with van der Waals surface area (Å²) < 4.78 is 38.5. The van der Waals surface area contributed by atoms with E-state index in [2.05, 4.69) is 20.0 Å². The highest BCUT2D eigenvalue weighted by molar-refractivity contribution is 7.89. The standard InChI is InChI=1S/C13H16N6O7S/c1-14-27(23,24)9-6-18(17-16-9)5-7-10(21)11(25-2)12(26-7)19-4-3-8(20)15-13(19)22/h3-4,6,11-12,14,21H,5H2,1-2H3,(H,15,20,22)/t11?,12-/m1/s1. The van der Waals surface area contributed by atoms with E-state index in [0.29, 0.717) is 0 Å². The van der Waals surface area contributed by atoms with E-state index in [-0.39, 0.29) is 23.1 Å². The van der Waals surface area contributed by atoms with Crippen molar-refractivity contribution in [3.63, 3.8) is 0 Å². The molecule has 27 heavy (non-hydrogen) atoms. The van der Waals surface area contributed by atoms with E-state index in [1.54, 1.807) is 0 Å². The Morgan fingerprint density at radius 1 is 1.44 bits per heavy atom. The zero-order valence-electron chi connectivity index (χ0n) is 14.2. The molecule has 0 bridgehead atoms. The first-order chi connectivity index (χ1) is 12.8. The minimum absolute atomic E-state index is 0.00301. The number of methoxy groups -OCH3 is 1. The molecular formula is C13H16N6O7S. The van der Waals surface area contributed by atoms with E-state index < -0.39 is 33.6 Å². The zero-order chi connectivity index (χ0) is 19.8. The van der Waals surface area contributed by atoms with Crippen LogP contribution in [-0.2, 0) is 26.0 Å². The quantitative estimate of drug-likeness (QED) is 0.498. The predicted molar refractivity (Wildman–Crippen MR) is 88.2 cm³/mol. The van der Waals surface area contributed by atoms with Crippen LogP contribution in [0.5, 0.6) is 0 Å². The van der Waals surface area contributed by atoms with Crippen molar-refractivity contribution in [1.29, 1.82) is 0 Å². The molecule has 2 atom stereocenters. The van der Waals surface area contributed by atoms with Gasteiger partial charge < -0.3 is 14.6 Å². The number of nitrogens with zero attached hydrogens (tertiary/aromatic N) is 4. The van der Waals surface area contributed by atoms with Gasteiger partial charge in [-0.3, -0.25) is 14.3 Å². The van der Waals surface area contributed by atoms with Crippen molar-refractivity contribution in [2.45, 2.75) is 23.9 Å². The Bertz CT molecular complexity index is 1100. The Kier molecular flexibility index (Phi) is 4.86. The van der Waals surface area contributed by atoms with Gasteiger partial charge in [-0.2, -0.15) is 0 Å². The monoisotopic (exact) mass is 400 g/mol. The van der Waals surface area contributed by atoms with E-state index >= 15 is 0 Å². The van der Waals surface area contributed by atoms with Crippen LogP contribution < -0.4 is 16.0 Å². The van der Waals surface area contributed by atoms with Gasteiger partial charge in [-0.05, 0) is 7.05 Å². The third-order valence-corrected chi connectivity index (χ3v) is 5.10. The Morgan fingerprint density at radius 2 is 2.19 bits per heavy atom. The molecule has 2 aromatic heterocycles. The van der Waals surface area contributed by atoms with Crippen LogP contribution in [0.4, 0.5) is 0 Å². The zero-order valence-corrected chi connectivity index (χ0v) is 15.0. The molecule has 1 aliphatic heterocycles. The number of sulfonamides is 1. The van der Waals surface area contributed by atoms with Crippen molar-refractivity contribution in [1.82, 2.24) is 29.3 Å². The summed E-state index contributed by atoms with van der Waals surface area (Å²) in [6.45, 7) is -0.160. The van der Waals surface area contributed by atoms with Gasteiger partial charge in [0, 0.05) is 19.4 Å². The molecule has 0 aliphatic carbocycles. The lowest BCUT2D eigenvalue weighted by Crippen LogP contribution is -2.36. The Hall–Kier alpha value is -2.97. The predicted octanol–water partition coefficient (Wildman–Crippen LogP) is -1.95. The van der Waals surface area contributed by atoms with Gasteiger partial charge in [0.2, 0.25) is 11.3 Å². The van der Waals surface area contributed by atoms with E-state index in [1.165, 1.54) is 20.4 Å². The molecule has 3 rings (SSSR count). The molecule has 2 aromatic rings. The van der Waals surface area contributed by atoms with E-state index in [4.69, 9.17) is 9.47 Å². The molecule has 0 fully saturated rings. The number of aliphatic hydroxyl groups excluding tert-OH is 1. The van der Waals surface area contributed by atoms with Gasteiger partial charge in [-0.1, -0.05) is 5.21 Å². The summed E-state index contributed by atoms with van der Waals surface area (Å²) in [5, 5.41) is 17.3. The number of aromatic amines is 1. The second kappa shape index (κ2) is 6.98. The SMILES string of the molecule is CNS(=O)(=O)c1cn(CC2=C(O)C(OC)[C@H](n3ccc(=O)[nH]c3=O)O2)nn1. The van der Waals surface area contributed by atoms with Crippen LogP contribution in [0, 0.1) is 0 Å². The van der Waals surface area contributed by atoms with Crippen LogP contribution in [0.25, 0.3) is 0 Å². The average Bonchev–Trinajstić information content (AvgIpc) is 3.21. The summed E-state index contributed by atoms with van der Waals surface area (Å²) >= 11 is 0. The largest absolute Gasteiger partial charge is 0.506 e. The van der Waals surface area contributed by atoms with E-state index in [0.717, 1.165) is 21.5 Å². The van der Waals surface area contributed by atoms with E-state index in [9.17, 15) is 23.1 Å². The van der Waals surface area contributed by atoms with Gasteiger partial charge in [-0.25, -0.2) is 22.6 Å². The number of H-pyrrole nitrogens is 1. The first-order valence-electron chi connectivity index (χ1n) is 7.53. The van der Waals surface area contributed by atoms with Gasteiger partial charge in [0.1, 0.15) is 6.54 Å². The number of ether oxygens (including phenoxy) is 2. The third kappa shape index (κ3) is 3.49. The lowest BCUT2D eigenvalue weighted by atomic mass is 10.2. The number of hydrogen-bond acceptors (Lipinski definition) is 9. The van der Waals surface area contributed by atoms with Gasteiger partial charge in [0.25, 0.3) is 15.6 Å². The molecule has 0 saturated heterocycles. The van der Waals surface area contributed by atoms with Crippen molar-refractivity contribution in [2.24, 2.45) is 0 Å². The summed E-state index contributed by atoms with van der Waals surface area (Å²) in [5.74, 6) is -0.294. The first-order valence-corrected chi connectivity index (χ1v) is 9.01. The fourth-order valence-electron chi connectivity index (χ4n) is 2.47. The molecule has 14 heteroatoms. The molecule has 0 spiro atoms. The summed E-state index contributed by atoms with van der Waals surface area (Å²) in [5.41, 5.74) is -1.33. The highest BCUT2D eigenvalue weighted by Gasteiger charge is 2.39. The Morgan fingerprint density at radius 3 is 2.81 bits per heavy atom. The van der Waals surface area contributed by atoms with Crippen molar-refractivity contribution < 1.29 is 23.0 Å². The molecule has 0 amide bonds. The number of aromatic nitrogens is 5. The highest BCUT2D eigenvalue weighted by atomic mass is 32.2. The van der Waals surface area contributed by atoms with Crippen LogP contribution in [0.1, 0.15) is 6.23 Å². The molecule has 1 aliphatic rings. The number of rotatable bonds is 6. The van der Waals surface area contributed by atoms with Crippen molar-refractivity contribution in [3.8, 4) is 0 Å². The fourth-order valence-corrected chi connectivity index (χ4v) is 3.08. The van der Waals surface area contributed by atoms with Crippen LogP contribution in [0.3, 0.4) is 0 Å². The molecular weight excluding hydrogens is 384 g/mol. The highest BCUT2D eigenvalue weighted by Crippen LogP contribution is 2.33. The molecule has 146 valence electrons. The van der Waals surface area contributed by atoms with Gasteiger partial charge in [0.05, 0.1) is 6.20 Å². The molecule has 0 saturated carbocycles. The van der Waals surface area contributed by atoms with E-state index in [1.807, 2.05) is 0 Å². The van der Waals surface area contributed by atoms with Gasteiger partial charge in [0.15, 0.2) is 17.6 Å². The van der Waals surface area contributed by atoms with Crippen LogP contribution in [-0.4, -0.2) is 58.3 Å². The second-order valence-electron chi connectivity index (χ2n) is 5.45. The maximum atomic E-state index is 12.0. The second-order valence-corrected chi connectivity index (χ2v) is 7.29. The maximum Gasteiger partial charge on any atom is 0.331 e. The number of nitrogens with one attached hydrogen (secondary N) is 2. The molecule has 13 nitrogen and oxygen atoms in total. The number of hydrogen-bond donors (Lipinski definition) is 3. The van der Waals surface area contributed by atoms with Crippen LogP contribution in [0.2, 0.25) is 0 Å². The maximum absolute atomic E-state index is 12.0. The summed E-state index contributed by atoms with van der Waals surface area (Å²) in [6, 6.07) is 1.12. The first kappa shape index (κ1) is 18.8. The van der Waals surface area contributed by atoms with Crippen LogP contribution >= 0.6 is 0 Å². The molecule has 0 aromatic carbocycles. The molecule has 3 heterocycles.